The summed E-state index contributed by atoms with van der Waals surface area (Å²) in [6, 6.07) is 11.4. The molecule has 11 heteroatoms. The number of carbonyl (C=O) groups is 1. The maximum atomic E-state index is 13.0. The number of piperidine rings is 1. The van der Waals surface area contributed by atoms with Crippen LogP contribution >= 0.6 is 34.8 Å². The average Bonchev–Trinajstić information content (AvgIpc) is 3.26. The van der Waals surface area contributed by atoms with Gasteiger partial charge in [-0.05, 0) is 56.2 Å². The lowest BCUT2D eigenvalue weighted by molar-refractivity contribution is 0.0115. The lowest BCUT2D eigenvalue weighted by atomic mass is 10.0. The molecule has 2 fully saturated rings. The van der Waals surface area contributed by atoms with Crippen molar-refractivity contribution >= 4 is 52.1 Å². The van der Waals surface area contributed by atoms with Crippen molar-refractivity contribution in [3.63, 3.8) is 0 Å². The molecule has 0 saturated carbocycles. The van der Waals surface area contributed by atoms with Crippen LogP contribution in [0.4, 0.5) is 11.4 Å². The third-order valence-corrected chi connectivity index (χ3v) is 7.77. The van der Waals surface area contributed by atoms with E-state index in [0.717, 1.165) is 63.6 Å². The van der Waals surface area contributed by atoms with Gasteiger partial charge in [-0.1, -0.05) is 34.8 Å². The summed E-state index contributed by atoms with van der Waals surface area (Å²) in [4.78, 5) is 17.8. The van der Waals surface area contributed by atoms with Crippen molar-refractivity contribution in [2.75, 3.05) is 49.6 Å². The molecule has 37 heavy (non-hydrogen) atoms. The third-order valence-electron chi connectivity index (χ3n) is 6.94. The van der Waals surface area contributed by atoms with E-state index in [1.165, 1.54) is 0 Å². The summed E-state index contributed by atoms with van der Waals surface area (Å²) in [5.74, 6) is -0.279. The number of anilines is 2. The number of halogens is 3. The van der Waals surface area contributed by atoms with Crippen LogP contribution in [0.15, 0.2) is 42.6 Å². The highest BCUT2D eigenvalue weighted by Crippen LogP contribution is 2.38. The molecule has 0 bridgehead atoms. The first-order chi connectivity index (χ1) is 17.4. The number of aromatic nitrogens is 2. The standard InChI is InChI=1S/C26H28Cl3N5O2.H2O/c1-17-22(16-30-34(17)21-4-2-18(27)3-5-21)26(35)31-19-14-23(28)25(24(29)15-19)33-8-6-20(7-9-33)32-10-12-36-13-11-32;/h2-5,14-16,20H,6-13H2,1H3,(H,31,35);1H2. The highest BCUT2D eigenvalue weighted by Gasteiger charge is 2.28. The summed E-state index contributed by atoms with van der Waals surface area (Å²) in [6.45, 7) is 7.24. The number of rotatable bonds is 5. The molecule has 2 saturated heterocycles. The number of hydrogen-bond donors (Lipinski definition) is 1. The number of hydrogen-bond acceptors (Lipinski definition) is 5. The molecular formula is C26H30Cl3N5O3. The molecule has 2 aliphatic rings. The Kier molecular flexibility index (Phi) is 9.00. The number of nitrogens with zero attached hydrogens (tertiary/aromatic N) is 4. The van der Waals surface area contributed by atoms with Gasteiger partial charge in [0.15, 0.2) is 0 Å². The number of nitrogens with one attached hydrogen (secondary N) is 1. The Labute approximate surface area is 231 Å². The van der Waals surface area contributed by atoms with Crippen LogP contribution in [0, 0.1) is 6.92 Å². The third kappa shape index (κ3) is 6.06. The summed E-state index contributed by atoms with van der Waals surface area (Å²) in [7, 11) is 0. The van der Waals surface area contributed by atoms with Gasteiger partial charge < -0.3 is 20.4 Å². The van der Waals surface area contributed by atoms with Gasteiger partial charge in [-0.2, -0.15) is 5.10 Å². The van der Waals surface area contributed by atoms with Gasteiger partial charge in [-0.3, -0.25) is 9.69 Å². The second-order valence-electron chi connectivity index (χ2n) is 9.14. The van der Waals surface area contributed by atoms with Crippen LogP contribution in [0.2, 0.25) is 15.1 Å². The van der Waals surface area contributed by atoms with Crippen LogP contribution in [-0.2, 0) is 4.74 Å². The van der Waals surface area contributed by atoms with Crippen LogP contribution in [0.1, 0.15) is 28.9 Å². The second-order valence-corrected chi connectivity index (χ2v) is 10.4. The molecule has 198 valence electrons. The maximum absolute atomic E-state index is 13.0. The Morgan fingerprint density at radius 3 is 2.24 bits per heavy atom. The van der Waals surface area contributed by atoms with Gasteiger partial charge in [0.1, 0.15) is 0 Å². The van der Waals surface area contributed by atoms with Crippen LogP contribution in [0.25, 0.3) is 5.69 Å². The van der Waals surface area contributed by atoms with Crippen molar-refractivity contribution in [3.05, 3.63) is 68.9 Å². The molecule has 3 N–H and O–H groups in total. The molecule has 5 rings (SSSR count). The fourth-order valence-corrected chi connectivity index (χ4v) is 5.86. The number of carbonyl (C=O) groups excluding carboxylic acids is 1. The van der Waals surface area contributed by atoms with Gasteiger partial charge in [-0.25, -0.2) is 4.68 Å². The van der Waals surface area contributed by atoms with Crippen LogP contribution in [0.5, 0.6) is 0 Å². The quantitative estimate of drug-likeness (QED) is 0.476. The van der Waals surface area contributed by atoms with E-state index in [1.54, 1.807) is 35.1 Å². The zero-order chi connectivity index (χ0) is 25.2. The van der Waals surface area contributed by atoms with Gasteiger partial charge in [0.05, 0.1) is 52.1 Å². The molecule has 0 unspecified atom stereocenters. The van der Waals surface area contributed by atoms with E-state index in [1.807, 2.05) is 19.1 Å². The lowest BCUT2D eigenvalue weighted by Gasteiger charge is -2.41. The van der Waals surface area contributed by atoms with Crippen LogP contribution in [0.3, 0.4) is 0 Å². The van der Waals surface area contributed by atoms with Gasteiger partial charge >= 0.3 is 0 Å². The first-order valence-electron chi connectivity index (χ1n) is 12.1. The smallest absolute Gasteiger partial charge is 0.259 e. The lowest BCUT2D eigenvalue weighted by Crippen LogP contribution is -2.49. The average molecular weight is 567 g/mol. The van der Waals surface area contributed by atoms with Crippen molar-refractivity contribution < 1.29 is 15.0 Å². The van der Waals surface area contributed by atoms with E-state index in [-0.39, 0.29) is 11.4 Å². The number of amides is 1. The van der Waals surface area contributed by atoms with E-state index in [9.17, 15) is 4.79 Å². The molecule has 0 atom stereocenters. The fraction of sp³-hybridized carbons (Fsp3) is 0.385. The van der Waals surface area contributed by atoms with E-state index < -0.39 is 0 Å². The topological polar surface area (TPSA) is 94.1 Å². The van der Waals surface area contributed by atoms with Crippen LogP contribution in [-0.4, -0.2) is 71.5 Å². The van der Waals surface area contributed by atoms with Gasteiger partial charge in [0.2, 0.25) is 0 Å². The number of benzene rings is 2. The second kappa shape index (κ2) is 12.0. The fourth-order valence-electron chi connectivity index (χ4n) is 5.01. The van der Waals surface area contributed by atoms with Crippen LogP contribution < -0.4 is 10.2 Å². The Hall–Kier alpha value is -2.33. The Bertz CT molecular complexity index is 1210. The molecule has 0 spiro atoms. The number of ether oxygens (including phenoxy) is 1. The minimum absolute atomic E-state index is 0. The molecule has 3 heterocycles. The summed E-state index contributed by atoms with van der Waals surface area (Å²) < 4.78 is 7.19. The Morgan fingerprint density at radius 1 is 1.00 bits per heavy atom. The molecule has 1 aromatic heterocycles. The van der Waals surface area contributed by atoms with Gasteiger partial charge in [0.25, 0.3) is 5.91 Å². The van der Waals surface area contributed by atoms with E-state index in [4.69, 9.17) is 39.5 Å². The largest absolute Gasteiger partial charge is 0.412 e. The molecule has 1 amide bonds. The van der Waals surface area contributed by atoms with Crippen molar-refractivity contribution in [2.24, 2.45) is 0 Å². The minimum atomic E-state index is -0.279. The molecule has 0 aliphatic carbocycles. The summed E-state index contributed by atoms with van der Waals surface area (Å²) >= 11 is 19.3. The predicted octanol–water partition coefficient (Wildman–Crippen LogP) is 4.87. The number of morpholine rings is 1. The Balaban J connectivity index is 0.00000320. The molecular weight excluding hydrogens is 537 g/mol. The first kappa shape index (κ1) is 27.7. The summed E-state index contributed by atoms with van der Waals surface area (Å²) in [5.41, 5.74) is 3.37. The van der Waals surface area contributed by atoms with Crippen molar-refractivity contribution in [1.82, 2.24) is 14.7 Å². The zero-order valence-corrected chi connectivity index (χ0v) is 22.8. The molecule has 0 radical (unpaired) electrons. The molecule has 2 aliphatic heterocycles. The van der Waals surface area contributed by atoms with Gasteiger partial charge in [-0.15, -0.1) is 0 Å². The predicted molar refractivity (Wildman–Crippen MR) is 149 cm³/mol. The normalized spacial score (nSPS) is 16.9. The molecule has 8 nitrogen and oxygen atoms in total. The van der Waals surface area contributed by atoms with E-state index >= 15 is 0 Å². The van der Waals surface area contributed by atoms with Crippen molar-refractivity contribution in [3.8, 4) is 5.69 Å². The van der Waals surface area contributed by atoms with Crippen molar-refractivity contribution in [2.45, 2.75) is 25.8 Å². The highest BCUT2D eigenvalue weighted by atomic mass is 35.5. The summed E-state index contributed by atoms with van der Waals surface area (Å²) in [5, 5.41) is 8.98. The van der Waals surface area contributed by atoms with E-state index in [2.05, 4.69) is 20.2 Å². The highest BCUT2D eigenvalue weighted by molar-refractivity contribution is 6.39. The SMILES string of the molecule is Cc1c(C(=O)Nc2cc(Cl)c(N3CCC(N4CCOCC4)CC3)c(Cl)c2)cnn1-c1ccc(Cl)cc1.O. The minimum Gasteiger partial charge on any atom is -0.412 e. The first-order valence-corrected chi connectivity index (χ1v) is 13.2. The monoisotopic (exact) mass is 565 g/mol. The van der Waals surface area contributed by atoms with Gasteiger partial charge in [0, 0.05) is 42.9 Å². The summed E-state index contributed by atoms with van der Waals surface area (Å²) in [6.07, 6.45) is 3.67. The Morgan fingerprint density at radius 2 is 1.62 bits per heavy atom. The molecule has 2 aromatic carbocycles. The maximum Gasteiger partial charge on any atom is 0.259 e. The zero-order valence-electron chi connectivity index (χ0n) is 20.5. The van der Waals surface area contributed by atoms with E-state index in [0.29, 0.717) is 38.1 Å². The van der Waals surface area contributed by atoms with Crippen molar-refractivity contribution in [1.29, 1.82) is 0 Å². The molecule has 3 aromatic rings.